The summed E-state index contributed by atoms with van der Waals surface area (Å²) in [5.41, 5.74) is 16.2. The van der Waals surface area contributed by atoms with Gasteiger partial charge in [-0.1, -0.05) is 78.8 Å². The highest BCUT2D eigenvalue weighted by atomic mass is 35.5. The number of piperidine rings is 2. The van der Waals surface area contributed by atoms with Crippen molar-refractivity contribution < 1.29 is 24.0 Å². The average molecular weight is 1030 g/mol. The van der Waals surface area contributed by atoms with E-state index in [4.69, 9.17) is 27.0 Å². The number of hydrogen-bond donors (Lipinski definition) is 2. The van der Waals surface area contributed by atoms with Crippen LogP contribution in [0.25, 0.3) is 16.1 Å². The molecule has 384 valence electrons. The number of likely N-dealkylation sites (tertiary alicyclic amines) is 3. The van der Waals surface area contributed by atoms with Gasteiger partial charge in [0.25, 0.3) is 0 Å². The highest BCUT2D eigenvalue weighted by Crippen LogP contribution is 2.47. The van der Waals surface area contributed by atoms with Crippen LogP contribution in [0.3, 0.4) is 0 Å². The second-order valence-electron chi connectivity index (χ2n) is 20.7. The SMILES string of the molecule is Cc1cc([C@H](C(=O)N2CC(O)CC2(C(N)=O)[C@@H](CC(=O)N2CCC(N3CCC(C#Cc4ccc(Cc5c(C)nn(-c6ccc(C#N)c(Cl)c6)c5C)cc4)CC3)CC2)c2ccc(-c3scnc3C)cc2)C(C)C)on1. The Hall–Kier alpha value is -6.62. The van der Waals surface area contributed by atoms with E-state index in [0.717, 1.165) is 89.5 Å². The van der Waals surface area contributed by atoms with Crippen LogP contribution in [0, 0.1) is 62.7 Å². The van der Waals surface area contributed by atoms with Crippen LogP contribution in [-0.2, 0) is 20.8 Å². The molecule has 0 saturated carbocycles. The third-order valence-electron chi connectivity index (χ3n) is 15.7. The number of rotatable bonds is 13. The zero-order valence-electron chi connectivity index (χ0n) is 43.0. The number of nitriles is 1. The first kappa shape index (κ1) is 52.3. The van der Waals surface area contributed by atoms with Crippen molar-refractivity contribution in [3.05, 3.63) is 140 Å². The van der Waals surface area contributed by atoms with Crippen molar-refractivity contribution >= 4 is 40.7 Å². The predicted octanol–water partition coefficient (Wildman–Crippen LogP) is 8.82. The van der Waals surface area contributed by atoms with Gasteiger partial charge >= 0.3 is 0 Å². The van der Waals surface area contributed by atoms with Crippen LogP contribution in [0.1, 0.15) is 121 Å². The second kappa shape index (κ2) is 22.1. The summed E-state index contributed by atoms with van der Waals surface area (Å²) in [6, 6.07) is 25.7. The van der Waals surface area contributed by atoms with Crippen molar-refractivity contribution in [3.63, 3.8) is 0 Å². The molecule has 3 saturated heterocycles. The Balaban J connectivity index is 0.837. The van der Waals surface area contributed by atoms with Crippen molar-refractivity contribution in [2.24, 2.45) is 17.6 Å². The monoisotopic (exact) mass is 1030 g/mol. The van der Waals surface area contributed by atoms with Gasteiger partial charge < -0.3 is 30.1 Å². The first-order chi connectivity index (χ1) is 35.5. The second-order valence-corrected chi connectivity index (χ2v) is 22.0. The molecule has 3 aromatic carbocycles. The van der Waals surface area contributed by atoms with Gasteiger partial charge in [-0.05, 0) is 119 Å². The van der Waals surface area contributed by atoms with Crippen molar-refractivity contribution in [2.75, 3.05) is 32.7 Å². The Bertz CT molecular complexity index is 3130. The first-order valence-corrected chi connectivity index (χ1v) is 26.9. The molecule has 3 aliphatic heterocycles. The molecule has 0 radical (unpaired) electrons. The van der Waals surface area contributed by atoms with Gasteiger partial charge in [0.05, 0.1) is 49.8 Å². The standard InChI is InChI=1S/C58H64ClN9O5S/c1-35(2)54(52-27-36(3)64-73-52)56(71)67-33-48(69)31-58(67,57(61)72)50(43-13-15-44(16-14-43)55-38(5)62-34-74-55)30-53(70)66-25-21-46(22-26-66)65-23-19-41(20-24-65)8-7-40-9-11-42(12-10-40)28-49-37(4)63-68(39(49)6)47-18-17-45(32-60)51(59)29-47/h9-18,27,29,34-35,41,46,48,50,54,69H,19-26,28,30-31,33H2,1-6H3,(H2,61,72)/t48?,50-,54+,58?/m0/s1. The largest absolute Gasteiger partial charge is 0.391 e. The number of aryl methyl sites for hydroxylation is 3. The highest BCUT2D eigenvalue weighted by Gasteiger charge is 2.59. The Labute approximate surface area is 442 Å². The lowest BCUT2D eigenvalue weighted by molar-refractivity contribution is -0.149. The number of nitrogens with two attached hydrogens (primary N) is 1. The molecule has 3 N–H and O–H groups in total. The number of nitrogens with zero attached hydrogens (tertiary/aromatic N) is 8. The smallest absolute Gasteiger partial charge is 0.244 e. The number of benzene rings is 3. The van der Waals surface area contributed by atoms with Gasteiger partial charge in [0, 0.05) is 79.7 Å². The number of β-amino-alcohol motifs (C(OH)–C–C–N with tert-alkyl or cyclic N) is 1. The van der Waals surface area contributed by atoms with Gasteiger partial charge in [0.1, 0.15) is 23.3 Å². The molecular weight excluding hydrogens is 970 g/mol. The lowest BCUT2D eigenvalue weighted by Gasteiger charge is -2.44. The Morgan fingerprint density at radius 1 is 0.946 bits per heavy atom. The topological polar surface area (TPSA) is 188 Å². The minimum Gasteiger partial charge on any atom is -0.391 e. The average Bonchev–Trinajstić information content (AvgIpc) is 4.18. The van der Waals surface area contributed by atoms with Gasteiger partial charge in [0.2, 0.25) is 17.7 Å². The third-order valence-corrected chi connectivity index (χ3v) is 16.9. The van der Waals surface area contributed by atoms with Crippen molar-refractivity contribution in [1.82, 2.24) is 34.6 Å². The molecule has 3 amide bonds. The fraction of sp³-hybridized carbons (Fsp3) is 0.431. The van der Waals surface area contributed by atoms with Gasteiger partial charge in [0.15, 0.2) is 0 Å². The number of primary amides is 1. The number of aliphatic hydroxyl groups excluding tert-OH is 1. The van der Waals surface area contributed by atoms with E-state index in [1.807, 2.05) is 67.6 Å². The molecule has 16 heteroatoms. The summed E-state index contributed by atoms with van der Waals surface area (Å²) in [6.07, 6.45) is 3.10. The maximum Gasteiger partial charge on any atom is 0.244 e. The van der Waals surface area contributed by atoms with E-state index in [-0.39, 0.29) is 31.2 Å². The van der Waals surface area contributed by atoms with Crippen LogP contribution in [-0.4, -0.2) is 108 Å². The lowest BCUT2D eigenvalue weighted by atomic mass is 9.73. The summed E-state index contributed by atoms with van der Waals surface area (Å²) in [6.45, 7) is 14.5. The molecule has 0 spiro atoms. The summed E-state index contributed by atoms with van der Waals surface area (Å²) in [4.78, 5) is 55.1. The number of hydrogen-bond acceptors (Lipinski definition) is 11. The molecule has 3 aliphatic rings. The molecule has 6 aromatic rings. The molecule has 4 atom stereocenters. The van der Waals surface area contributed by atoms with Crippen LogP contribution in [0.5, 0.6) is 0 Å². The van der Waals surface area contributed by atoms with Crippen LogP contribution in [0.2, 0.25) is 5.02 Å². The number of aliphatic hydroxyl groups is 1. The summed E-state index contributed by atoms with van der Waals surface area (Å²) in [5, 5.41) is 29.9. The van der Waals surface area contributed by atoms with E-state index < -0.39 is 35.3 Å². The van der Waals surface area contributed by atoms with Crippen LogP contribution in [0.4, 0.5) is 0 Å². The van der Waals surface area contributed by atoms with Gasteiger partial charge in [-0.3, -0.25) is 14.4 Å². The number of amides is 3. The zero-order chi connectivity index (χ0) is 52.4. The fourth-order valence-corrected chi connectivity index (χ4v) is 12.6. The maximum absolute atomic E-state index is 14.9. The van der Waals surface area contributed by atoms with Crippen molar-refractivity contribution in [2.45, 2.75) is 116 Å². The Kier molecular flexibility index (Phi) is 15.6. The maximum atomic E-state index is 14.9. The van der Waals surface area contributed by atoms with Crippen LogP contribution < -0.4 is 5.73 Å². The summed E-state index contributed by atoms with van der Waals surface area (Å²) >= 11 is 7.87. The Morgan fingerprint density at radius 3 is 2.27 bits per heavy atom. The van der Waals surface area contributed by atoms with Gasteiger partial charge in [-0.25, -0.2) is 9.67 Å². The van der Waals surface area contributed by atoms with E-state index in [1.54, 1.807) is 30.6 Å². The molecule has 6 heterocycles. The number of halogens is 1. The zero-order valence-corrected chi connectivity index (χ0v) is 44.5. The van der Waals surface area contributed by atoms with Gasteiger partial charge in [-0.2, -0.15) is 10.4 Å². The van der Waals surface area contributed by atoms with Crippen molar-refractivity contribution in [1.29, 1.82) is 5.26 Å². The molecule has 0 aliphatic carbocycles. The summed E-state index contributed by atoms with van der Waals surface area (Å²) in [5.74, 6) is 4.50. The number of carbonyl (C=O) groups excluding carboxylic acids is 3. The molecule has 74 heavy (non-hydrogen) atoms. The van der Waals surface area contributed by atoms with Gasteiger partial charge in [-0.15, -0.1) is 11.3 Å². The highest BCUT2D eigenvalue weighted by molar-refractivity contribution is 7.13. The predicted molar refractivity (Wildman–Crippen MR) is 286 cm³/mol. The van der Waals surface area contributed by atoms with E-state index in [1.165, 1.54) is 21.8 Å². The lowest BCUT2D eigenvalue weighted by Crippen LogP contribution is -2.61. The molecule has 3 fully saturated rings. The first-order valence-electron chi connectivity index (χ1n) is 25.6. The third kappa shape index (κ3) is 10.7. The number of carbonyl (C=O) groups is 3. The molecule has 2 unspecified atom stereocenters. The van der Waals surface area contributed by atoms with E-state index in [9.17, 15) is 24.8 Å². The van der Waals surface area contributed by atoms with E-state index in [0.29, 0.717) is 52.7 Å². The number of thiazole rings is 1. The molecule has 0 bridgehead atoms. The molecule has 3 aromatic heterocycles. The normalized spacial score (nSPS) is 19.5. The van der Waals surface area contributed by atoms with Crippen LogP contribution >= 0.6 is 22.9 Å². The summed E-state index contributed by atoms with van der Waals surface area (Å²) < 4.78 is 7.52. The van der Waals surface area contributed by atoms with Crippen LogP contribution in [0.15, 0.2) is 82.8 Å². The molecule has 9 rings (SSSR count). The quantitative estimate of drug-likeness (QED) is 0.106. The van der Waals surface area contributed by atoms with Crippen molar-refractivity contribution in [3.8, 4) is 34.0 Å². The minimum atomic E-state index is -1.71. The molecular formula is C58H64ClN9O5S. The molecule has 14 nitrogen and oxygen atoms in total. The minimum absolute atomic E-state index is 0.0777. The fourth-order valence-electron chi connectivity index (χ4n) is 11.6. The summed E-state index contributed by atoms with van der Waals surface area (Å²) in [7, 11) is 0. The Morgan fingerprint density at radius 2 is 1.66 bits per heavy atom. The van der Waals surface area contributed by atoms with E-state index in [2.05, 4.69) is 64.1 Å². The number of aromatic nitrogens is 4. The van der Waals surface area contributed by atoms with E-state index >= 15 is 0 Å².